The Kier molecular flexibility index (Phi) is 4.11. The third kappa shape index (κ3) is 3.13. The molecule has 4 unspecified atom stereocenters. The number of rotatable bonds is 3. The summed E-state index contributed by atoms with van der Waals surface area (Å²) < 4.78 is 0. The first-order chi connectivity index (χ1) is 9.22. The van der Waals surface area contributed by atoms with Crippen LogP contribution in [0.1, 0.15) is 57.8 Å². The first-order valence-electron chi connectivity index (χ1n) is 8.25. The van der Waals surface area contributed by atoms with E-state index in [0.29, 0.717) is 17.9 Å². The van der Waals surface area contributed by atoms with Crippen LogP contribution in [0.15, 0.2) is 0 Å². The second-order valence-corrected chi connectivity index (χ2v) is 7.08. The summed E-state index contributed by atoms with van der Waals surface area (Å²) in [6.45, 7) is 2.10. The van der Waals surface area contributed by atoms with Crippen molar-refractivity contribution in [1.29, 1.82) is 0 Å². The first kappa shape index (κ1) is 13.4. The lowest BCUT2D eigenvalue weighted by Crippen LogP contribution is -2.31. The highest BCUT2D eigenvalue weighted by Crippen LogP contribution is 2.38. The van der Waals surface area contributed by atoms with Crippen molar-refractivity contribution in [3.8, 4) is 0 Å². The number of carbonyl (C=O) groups excluding carboxylic acids is 1. The third-order valence-corrected chi connectivity index (χ3v) is 5.67. The molecule has 3 fully saturated rings. The van der Waals surface area contributed by atoms with Gasteiger partial charge in [0.25, 0.3) is 0 Å². The van der Waals surface area contributed by atoms with Crippen molar-refractivity contribution in [2.75, 3.05) is 13.1 Å². The monoisotopic (exact) mass is 264 g/mol. The minimum Gasteiger partial charge on any atom is -0.342 e. The SMILES string of the molecule is NC1CCCC(CCC(=O)N2CC3CCCC3C2)C1. The third-order valence-electron chi connectivity index (χ3n) is 5.67. The topological polar surface area (TPSA) is 46.3 Å². The molecule has 1 amide bonds. The molecular formula is C16H28N2O. The van der Waals surface area contributed by atoms with Crippen LogP contribution in [-0.4, -0.2) is 29.9 Å². The second kappa shape index (κ2) is 5.82. The summed E-state index contributed by atoms with van der Waals surface area (Å²) in [5.41, 5.74) is 6.02. The van der Waals surface area contributed by atoms with Crippen molar-refractivity contribution < 1.29 is 4.79 Å². The molecule has 2 N–H and O–H groups in total. The molecule has 0 spiro atoms. The molecule has 3 rings (SSSR count). The molecule has 1 aliphatic heterocycles. The summed E-state index contributed by atoms with van der Waals surface area (Å²) >= 11 is 0. The summed E-state index contributed by atoms with van der Waals surface area (Å²) in [5, 5.41) is 0. The van der Waals surface area contributed by atoms with Crippen LogP contribution in [0.25, 0.3) is 0 Å². The van der Waals surface area contributed by atoms with Gasteiger partial charge < -0.3 is 10.6 Å². The van der Waals surface area contributed by atoms with Gasteiger partial charge >= 0.3 is 0 Å². The minimum atomic E-state index is 0.389. The van der Waals surface area contributed by atoms with Gasteiger partial charge in [-0.1, -0.05) is 19.3 Å². The summed E-state index contributed by atoms with van der Waals surface area (Å²) in [5.74, 6) is 2.77. The maximum atomic E-state index is 12.3. The lowest BCUT2D eigenvalue weighted by molar-refractivity contribution is -0.130. The van der Waals surface area contributed by atoms with Gasteiger partial charge in [-0.2, -0.15) is 0 Å². The molecule has 19 heavy (non-hydrogen) atoms. The van der Waals surface area contributed by atoms with E-state index in [0.717, 1.165) is 44.2 Å². The van der Waals surface area contributed by atoms with E-state index >= 15 is 0 Å². The zero-order valence-corrected chi connectivity index (χ0v) is 12.0. The average Bonchev–Trinajstić information content (AvgIpc) is 2.96. The molecule has 108 valence electrons. The van der Waals surface area contributed by atoms with Crippen LogP contribution < -0.4 is 5.73 Å². The van der Waals surface area contributed by atoms with Crippen molar-refractivity contribution >= 4 is 5.91 Å². The highest BCUT2D eigenvalue weighted by atomic mass is 16.2. The number of nitrogens with zero attached hydrogens (tertiary/aromatic N) is 1. The van der Waals surface area contributed by atoms with Gasteiger partial charge in [-0.05, 0) is 49.9 Å². The van der Waals surface area contributed by atoms with Gasteiger partial charge in [-0.25, -0.2) is 0 Å². The Balaban J connectivity index is 1.42. The van der Waals surface area contributed by atoms with Gasteiger partial charge in [0, 0.05) is 25.6 Å². The van der Waals surface area contributed by atoms with E-state index in [1.165, 1.54) is 38.5 Å². The van der Waals surface area contributed by atoms with Gasteiger partial charge in [0.1, 0.15) is 0 Å². The van der Waals surface area contributed by atoms with Gasteiger partial charge in [0.2, 0.25) is 5.91 Å². The van der Waals surface area contributed by atoms with Crippen LogP contribution >= 0.6 is 0 Å². The summed E-state index contributed by atoms with van der Waals surface area (Å²) in [6.07, 6.45) is 10.8. The fourth-order valence-corrected chi connectivity index (χ4v) is 4.52. The fourth-order valence-electron chi connectivity index (χ4n) is 4.52. The Labute approximate surface area is 116 Å². The number of hydrogen-bond donors (Lipinski definition) is 1. The number of amides is 1. The number of fused-ring (bicyclic) bond motifs is 1. The smallest absolute Gasteiger partial charge is 0.222 e. The Bertz CT molecular complexity index is 319. The van der Waals surface area contributed by atoms with E-state index in [4.69, 9.17) is 5.73 Å². The Morgan fingerprint density at radius 1 is 1.05 bits per heavy atom. The summed E-state index contributed by atoms with van der Waals surface area (Å²) in [6, 6.07) is 0.389. The highest BCUT2D eigenvalue weighted by Gasteiger charge is 2.37. The summed E-state index contributed by atoms with van der Waals surface area (Å²) in [7, 11) is 0. The quantitative estimate of drug-likeness (QED) is 0.851. The predicted octanol–water partition coefficient (Wildman–Crippen LogP) is 2.54. The largest absolute Gasteiger partial charge is 0.342 e. The van der Waals surface area contributed by atoms with Crippen LogP contribution in [0.3, 0.4) is 0 Å². The van der Waals surface area contributed by atoms with E-state index < -0.39 is 0 Å². The molecule has 0 aromatic heterocycles. The van der Waals surface area contributed by atoms with Gasteiger partial charge in [0.15, 0.2) is 0 Å². The molecule has 1 saturated heterocycles. The van der Waals surface area contributed by atoms with Crippen molar-refractivity contribution in [3.05, 3.63) is 0 Å². The van der Waals surface area contributed by atoms with Gasteiger partial charge in [-0.3, -0.25) is 4.79 Å². The van der Waals surface area contributed by atoms with Crippen LogP contribution in [0, 0.1) is 17.8 Å². The Morgan fingerprint density at radius 3 is 2.42 bits per heavy atom. The molecule has 3 aliphatic rings. The Morgan fingerprint density at radius 2 is 1.74 bits per heavy atom. The molecule has 1 heterocycles. The minimum absolute atomic E-state index is 0.389. The van der Waals surface area contributed by atoms with Crippen LogP contribution in [-0.2, 0) is 4.79 Å². The number of hydrogen-bond acceptors (Lipinski definition) is 2. The maximum absolute atomic E-state index is 12.3. The molecule has 4 atom stereocenters. The predicted molar refractivity (Wildman–Crippen MR) is 76.6 cm³/mol. The van der Waals surface area contributed by atoms with Crippen molar-refractivity contribution in [2.45, 2.75) is 63.8 Å². The van der Waals surface area contributed by atoms with E-state index in [1.807, 2.05) is 0 Å². The molecule has 0 bridgehead atoms. The van der Waals surface area contributed by atoms with E-state index in [9.17, 15) is 4.79 Å². The number of carbonyl (C=O) groups is 1. The van der Waals surface area contributed by atoms with E-state index in [-0.39, 0.29) is 0 Å². The van der Waals surface area contributed by atoms with E-state index in [2.05, 4.69) is 4.90 Å². The van der Waals surface area contributed by atoms with Crippen molar-refractivity contribution in [3.63, 3.8) is 0 Å². The Hall–Kier alpha value is -0.570. The average molecular weight is 264 g/mol. The maximum Gasteiger partial charge on any atom is 0.222 e. The highest BCUT2D eigenvalue weighted by molar-refractivity contribution is 5.76. The molecule has 0 aromatic rings. The summed E-state index contributed by atoms with van der Waals surface area (Å²) in [4.78, 5) is 14.4. The standard InChI is InChI=1S/C16H28N2O/c17-15-6-1-3-12(9-15)7-8-16(19)18-10-13-4-2-5-14(13)11-18/h12-15H,1-11,17H2. The number of likely N-dealkylation sites (tertiary alicyclic amines) is 1. The lowest BCUT2D eigenvalue weighted by atomic mass is 9.83. The molecule has 3 nitrogen and oxygen atoms in total. The fraction of sp³-hybridized carbons (Fsp3) is 0.938. The molecule has 3 heteroatoms. The first-order valence-corrected chi connectivity index (χ1v) is 8.25. The van der Waals surface area contributed by atoms with Crippen LogP contribution in [0.4, 0.5) is 0 Å². The molecule has 0 radical (unpaired) electrons. The lowest BCUT2D eigenvalue weighted by Gasteiger charge is -2.27. The van der Waals surface area contributed by atoms with Crippen molar-refractivity contribution in [1.82, 2.24) is 4.90 Å². The normalized spacial score (nSPS) is 38.5. The second-order valence-electron chi connectivity index (χ2n) is 7.08. The molecule has 2 saturated carbocycles. The van der Waals surface area contributed by atoms with E-state index in [1.54, 1.807) is 0 Å². The van der Waals surface area contributed by atoms with Crippen molar-refractivity contribution in [2.24, 2.45) is 23.5 Å². The zero-order valence-electron chi connectivity index (χ0n) is 12.0. The van der Waals surface area contributed by atoms with Crippen LogP contribution in [0.2, 0.25) is 0 Å². The van der Waals surface area contributed by atoms with Gasteiger partial charge in [0.05, 0.1) is 0 Å². The molecule has 2 aliphatic carbocycles. The zero-order chi connectivity index (χ0) is 13.2. The molecular weight excluding hydrogens is 236 g/mol. The van der Waals surface area contributed by atoms with Crippen LogP contribution in [0.5, 0.6) is 0 Å². The van der Waals surface area contributed by atoms with Gasteiger partial charge in [-0.15, -0.1) is 0 Å². The molecule has 0 aromatic carbocycles. The number of nitrogens with two attached hydrogens (primary N) is 1.